The van der Waals surface area contributed by atoms with E-state index >= 15 is 0 Å². The number of aliphatic hydroxyl groups is 1. The van der Waals surface area contributed by atoms with Crippen LogP contribution in [0.4, 0.5) is 0 Å². The molecule has 1 saturated carbocycles. The van der Waals surface area contributed by atoms with E-state index in [0.29, 0.717) is 31.1 Å². The lowest BCUT2D eigenvalue weighted by Gasteiger charge is -2.56. The molecule has 3 atom stereocenters. The molecule has 4 aliphatic rings. The first kappa shape index (κ1) is 17.9. The first-order chi connectivity index (χ1) is 11.4. The van der Waals surface area contributed by atoms with E-state index in [4.69, 9.17) is 4.74 Å². The average Bonchev–Trinajstić information content (AvgIpc) is 2.55. The van der Waals surface area contributed by atoms with Gasteiger partial charge < -0.3 is 14.7 Å². The van der Waals surface area contributed by atoms with Crippen LogP contribution in [-0.4, -0.2) is 72.9 Å². The van der Waals surface area contributed by atoms with Gasteiger partial charge in [-0.25, -0.2) is 0 Å². The molecule has 2 bridgehead atoms. The molecular formula is C19H32N2O3. The summed E-state index contributed by atoms with van der Waals surface area (Å²) >= 11 is 0. The number of nitrogens with zero attached hydrogens (tertiary/aromatic N) is 2. The number of β-amino-alcohol motifs (C(OH)–C–C–N with tert-alkyl or cyclic N) is 1. The Labute approximate surface area is 145 Å². The molecule has 0 spiro atoms. The van der Waals surface area contributed by atoms with E-state index in [1.807, 2.05) is 4.90 Å². The molecule has 2 fully saturated rings. The first-order valence-corrected chi connectivity index (χ1v) is 9.30. The van der Waals surface area contributed by atoms with Crippen molar-refractivity contribution in [3.8, 4) is 0 Å². The molecule has 4 rings (SSSR count). The van der Waals surface area contributed by atoms with Crippen molar-refractivity contribution < 1.29 is 14.6 Å². The fraction of sp³-hybridized carbons (Fsp3) is 0.842. The van der Waals surface area contributed by atoms with Crippen LogP contribution in [0.5, 0.6) is 0 Å². The van der Waals surface area contributed by atoms with E-state index in [1.165, 1.54) is 18.4 Å². The highest BCUT2D eigenvalue weighted by atomic mass is 16.5. The first-order valence-electron chi connectivity index (χ1n) is 9.30. The summed E-state index contributed by atoms with van der Waals surface area (Å²) < 4.78 is 5.81. The molecule has 0 aromatic rings. The van der Waals surface area contributed by atoms with Gasteiger partial charge in [-0.05, 0) is 35.7 Å². The smallest absolute Gasteiger partial charge is 0.219 e. The second kappa shape index (κ2) is 7.14. The zero-order chi connectivity index (χ0) is 17.3. The minimum atomic E-state index is -0.458. The van der Waals surface area contributed by atoms with Crippen molar-refractivity contribution in [3.63, 3.8) is 0 Å². The van der Waals surface area contributed by atoms with Crippen molar-refractivity contribution in [2.75, 3.05) is 45.9 Å². The molecule has 1 aliphatic heterocycles. The Morgan fingerprint density at radius 3 is 2.67 bits per heavy atom. The second-order valence-corrected chi connectivity index (χ2v) is 8.30. The predicted molar refractivity (Wildman–Crippen MR) is 93.6 cm³/mol. The number of fused-ring (bicyclic) bond motifs is 1. The van der Waals surface area contributed by atoms with Gasteiger partial charge in [0, 0.05) is 39.6 Å². The number of carbonyl (C=O) groups excluding carboxylic acids is 1. The SMILES string of the molecule is CC(=O)N1CCN(CC(O)COCC2=CCC3CC2C3(C)C)CC1. The Hall–Kier alpha value is -0.910. The van der Waals surface area contributed by atoms with Crippen molar-refractivity contribution >= 4 is 5.91 Å². The van der Waals surface area contributed by atoms with Crippen molar-refractivity contribution in [3.05, 3.63) is 11.6 Å². The third-order valence-electron chi connectivity index (χ3n) is 6.45. The summed E-state index contributed by atoms with van der Waals surface area (Å²) in [6.45, 7) is 11.2. The number of hydrogen-bond donors (Lipinski definition) is 1. The number of ether oxygens (including phenoxy) is 1. The minimum Gasteiger partial charge on any atom is -0.389 e. The molecule has 0 aromatic heterocycles. The van der Waals surface area contributed by atoms with Crippen molar-refractivity contribution in [1.82, 2.24) is 9.80 Å². The Balaban J connectivity index is 1.34. The van der Waals surface area contributed by atoms with E-state index in [2.05, 4.69) is 24.8 Å². The van der Waals surface area contributed by atoms with Crippen LogP contribution in [0.1, 0.15) is 33.6 Å². The van der Waals surface area contributed by atoms with Gasteiger partial charge in [0.25, 0.3) is 0 Å². The number of piperazine rings is 1. The Bertz CT molecular complexity index is 495. The Kier molecular flexibility index (Phi) is 5.33. The van der Waals surface area contributed by atoms with Gasteiger partial charge in [0.2, 0.25) is 5.91 Å². The number of aliphatic hydroxyl groups excluding tert-OH is 1. The molecule has 1 saturated heterocycles. The van der Waals surface area contributed by atoms with E-state index < -0.39 is 6.10 Å². The summed E-state index contributed by atoms with van der Waals surface area (Å²) in [5, 5.41) is 10.2. The normalized spacial score (nSPS) is 30.5. The van der Waals surface area contributed by atoms with Crippen LogP contribution in [0.25, 0.3) is 0 Å². The molecule has 1 heterocycles. The molecule has 3 unspecified atom stereocenters. The van der Waals surface area contributed by atoms with Crippen LogP contribution in [-0.2, 0) is 9.53 Å². The minimum absolute atomic E-state index is 0.139. The number of hydrogen-bond acceptors (Lipinski definition) is 4. The van der Waals surface area contributed by atoms with E-state index in [9.17, 15) is 9.90 Å². The van der Waals surface area contributed by atoms with Gasteiger partial charge in [0.15, 0.2) is 0 Å². The molecule has 5 heteroatoms. The molecule has 136 valence electrons. The van der Waals surface area contributed by atoms with Gasteiger partial charge in [0.1, 0.15) is 0 Å². The summed E-state index contributed by atoms with van der Waals surface area (Å²) in [5.41, 5.74) is 1.87. The molecule has 1 N–H and O–H groups in total. The van der Waals surface area contributed by atoms with E-state index in [1.54, 1.807) is 6.92 Å². The van der Waals surface area contributed by atoms with Crippen molar-refractivity contribution in [2.24, 2.45) is 17.3 Å². The number of allylic oxidation sites excluding steroid dienone is 1. The number of rotatable bonds is 6. The van der Waals surface area contributed by atoms with Crippen LogP contribution < -0.4 is 0 Å². The summed E-state index contributed by atoms with van der Waals surface area (Å²) in [5.74, 6) is 1.67. The zero-order valence-corrected chi connectivity index (χ0v) is 15.3. The maximum Gasteiger partial charge on any atom is 0.219 e. The highest BCUT2D eigenvalue weighted by Gasteiger charge is 2.50. The molecule has 5 nitrogen and oxygen atoms in total. The number of carbonyl (C=O) groups is 1. The lowest BCUT2D eigenvalue weighted by atomic mass is 9.49. The second-order valence-electron chi connectivity index (χ2n) is 8.30. The van der Waals surface area contributed by atoms with Crippen LogP contribution >= 0.6 is 0 Å². The molecule has 1 amide bonds. The highest BCUT2D eigenvalue weighted by molar-refractivity contribution is 5.73. The average molecular weight is 336 g/mol. The monoisotopic (exact) mass is 336 g/mol. The fourth-order valence-corrected chi connectivity index (χ4v) is 4.55. The quantitative estimate of drug-likeness (QED) is 0.747. The van der Waals surface area contributed by atoms with Gasteiger partial charge in [-0.15, -0.1) is 0 Å². The Morgan fingerprint density at radius 2 is 2.08 bits per heavy atom. The van der Waals surface area contributed by atoms with E-state index in [-0.39, 0.29) is 5.91 Å². The van der Waals surface area contributed by atoms with Gasteiger partial charge in [-0.2, -0.15) is 0 Å². The summed E-state index contributed by atoms with van der Waals surface area (Å²) in [4.78, 5) is 15.4. The van der Waals surface area contributed by atoms with Crippen molar-refractivity contribution in [2.45, 2.75) is 39.7 Å². The van der Waals surface area contributed by atoms with Crippen LogP contribution in [0.2, 0.25) is 0 Å². The van der Waals surface area contributed by atoms with Gasteiger partial charge >= 0.3 is 0 Å². The van der Waals surface area contributed by atoms with Crippen molar-refractivity contribution in [1.29, 1.82) is 0 Å². The topological polar surface area (TPSA) is 53.0 Å². The third-order valence-corrected chi connectivity index (χ3v) is 6.45. The maximum absolute atomic E-state index is 11.3. The molecule has 0 aromatic carbocycles. The van der Waals surface area contributed by atoms with Gasteiger partial charge in [-0.1, -0.05) is 19.9 Å². The van der Waals surface area contributed by atoms with E-state index in [0.717, 1.165) is 32.1 Å². The van der Waals surface area contributed by atoms with Gasteiger partial charge in [-0.3, -0.25) is 9.69 Å². The molecule has 0 radical (unpaired) electrons. The molecular weight excluding hydrogens is 304 g/mol. The third kappa shape index (κ3) is 3.68. The standard InChI is InChI=1S/C19H32N2O3/c1-14(22)21-8-6-20(7-9-21)11-17(23)13-24-12-15-4-5-16-10-18(15)19(16,2)3/h4,16-18,23H,5-13H2,1-3H3. The van der Waals surface area contributed by atoms with Crippen LogP contribution in [0.15, 0.2) is 11.6 Å². The molecule has 3 aliphatic carbocycles. The lowest BCUT2D eigenvalue weighted by Crippen LogP contribution is -2.50. The van der Waals surface area contributed by atoms with Gasteiger partial charge in [0.05, 0.1) is 19.3 Å². The number of amides is 1. The predicted octanol–water partition coefficient (Wildman–Crippen LogP) is 1.52. The lowest BCUT2D eigenvalue weighted by molar-refractivity contribution is -0.130. The fourth-order valence-electron chi connectivity index (χ4n) is 4.55. The largest absolute Gasteiger partial charge is 0.389 e. The molecule has 24 heavy (non-hydrogen) atoms. The summed E-state index contributed by atoms with van der Waals surface area (Å²) in [7, 11) is 0. The van der Waals surface area contributed by atoms with Crippen LogP contribution in [0.3, 0.4) is 0 Å². The summed E-state index contributed by atoms with van der Waals surface area (Å²) in [6.07, 6.45) is 4.40. The zero-order valence-electron chi connectivity index (χ0n) is 15.3. The Morgan fingerprint density at radius 1 is 1.38 bits per heavy atom. The van der Waals surface area contributed by atoms with Crippen LogP contribution in [0, 0.1) is 17.3 Å². The summed E-state index contributed by atoms with van der Waals surface area (Å²) in [6, 6.07) is 0. The maximum atomic E-state index is 11.3. The highest BCUT2D eigenvalue weighted by Crippen LogP contribution is 2.59.